The molecule has 1 atom stereocenters. The molecule has 0 radical (unpaired) electrons. The molecule has 26 heavy (non-hydrogen) atoms. The normalized spacial score (nSPS) is 15.6. The predicted octanol–water partition coefficient (Wildman–Crippen LogP) is -0.0117. The molecule has 3 N–H and O–H groups in total. The van der Waals surface area contributed by atoms with Crippen molar-refractivity contribution in [2.24, 2.45) is 0 Å². The number of hydrogen-bond donors (Lipinski definition) is 3. The van der Waals surface area contributed by atoms with E-state index in [-0.39, 0.29) is 17.4 Å². The number of nitrogens with zero attached hydrogens (tertiary/aromatic N) is 3. The third-order valence-corrected chi connectivity index (χ3v) is 4.31. The van der Waals surface area contributed by atoms with Crippen molar-refractivity contribution in [3.05, 3.63) is 48.3 Å². The molecule has 138 valence electrons. The van der Waals surface area contributed by atoms with Crippen molar-refractivity contribution >= 4 is 17.5 Å². The van der Waals surface area contributed by atoms with Gasteiger partial charge >= 0.3 is 0 Å². The summed E-state index contributed by atoms with van der Waals surface area (Å²) < 4.78 is 13.0. The summed E-state index contributed by atoms with van der Waals surface area (Å²) in [7, 11) is 0. The molecule has 1 saturated heterocycles. The molecule has 0 saturated carbocycles. The van der Waals surface area contributed by atoms with Gasteiger partial charge in [-0.05, 0) is 24.3 Å². The number of H-pyrrole nitrogens is 1. The lowest BCUT2D eigenvalue weighted by Gasteiger charge is -2.37. The Balaban J connectivity index is 1.56. The van der Waals surface area contributed by atoms with Crippen LogP contribution in [0.3, 0.4) is 0 Å². The van der Waals surface area contributed by atoms with Crippen LogP contribution in [0.2, 0.25) is 0 Å². The number of halogens is 1. The molecular weight excluding hydrogens is 341 g/mol. The fraction of sp³-hybridized carbons (Fsp3) is 0.353. The summed E-state index contributed by atoms with van der Waals surface area (Å²) in [6.45, 7) is 1.59. The minimum absolute atomic E-state index is 0.220. The van der Waals surface area contributed by atoms with Crippen LogP contribution in [-0.2, 0) is 4.79 Å². The number of imidazole rings is 1. The van der Waals surface area contributed by atoms with Crippen LogP contribution in [0.25, 0.3) is 0 Å². The third kappa shape index (κ3) is 3.99. The summed E-state index contributed by atoms with van der Waals surface area (Å²) in [5.41, 5.74) is 1.11. The molecule has 3 rings (SSSR count). The zero-order valence-corrected chi connectivity index (χ0v) is 14.1. The van der Waals surface area contributed by atoms with Gasteiger partial charge in [-0.15, -0.1) is 0 Å². The van der Waals surface area contributed by atoms with E-state index in [1.807, 2.05) is 0 Å². The second-order valence-corrected chi connectivity index (χ2v) is 5.96. The first-order valence-electron chi connectivity index (χ1n) is 8.28. The average molecular weight is 361 g/mol. The first-order chi connectivity index (χ1) is 12.6. The van der Waals surface area contributed by atoms with Gasteiger partial charge < -0.3 is 25.2 Å². The van der Waals surface area contributed by atoms with E-state index in [9.17, 15) is 19.1 Å². The predicted molar refractivity (Wildman–Crippen MR) is 92.1 cm³/mol. The molecule has 1 aliphatic rings. The summed E-state index contributed by atoms with van der Waals surface area (Å²) in [4.78, 5) is 34.7. The van der Waals surface area contributed by atoms with Crippen LogP contribution >= 0.6 is 0 Å². The van der Waals surface area contributed by atoms with Gasteiger partial charge in [0.05, 0.1) is 19.1 Å². The number of nitrogens with one attached hydrogen (secondary N) is 2. The Kier molecular flexibility index (Phi) is 5.47. The maximum atomic E-state index is 13.0. The Hall–Kier alpha value is -2.94. The van der Waals surface area contributed by atoms with Crippen LogP contribution in [0.5, 0.6) is 0 Å². The van der Waals surface area contributed by atoms with Gasteiger partial charge in [0.1, 0.15) is 17.6 Å². The highest BCUT2D eigenvalue weighted by Gasteiger charge is 2.28. The van der Waals surface area contributed by atoms with Crippen molar-refractivity contribution in [1.29, 1.82) is 0 Å². The fourth-order valence-corrected chi connectivity index (χ4v) is 2.86. The fourth-order valence-electron chi connectivity index (χ4n) is 2.86. The number of hydrogen-bond acceptors (Lipinski definition) is 5. The molecule has 1 fully saturated rings. The number of benzene rings is 1. The second-order valence-electron chi connectivity index (χ2n) is 5.96. The number of aliphatic hydroxyl groups is 1. The van der Waals surface area contributed by atoms with Crippen LogP contribution in [-0.4, -0.2) is 70.6 Å². The van der Waals surface area contributed by atoms with Crippen LogP contribution in [0.15, 0.2) is 36.8 Å². The Labute approximate surface area is 149 Å². The summed E-state index contributed by atoms with van der Waals surface area (Å²) in [5, 5.41) is 12.0. The first kappa shape index (κ1) is 17.9. The standard InChI is InChI=1S/C17H20FN5O3/c18-12-1-3-13(4-2-12)22-5-7-23(8-6-22)17(26)15(10-24)21-16(25)14-9-19-11-20-14/h1-4,9,11,15,24H,5-8,10H2,(H,19,20)(H,21,25)/t15-/m0/s1. The van der Waals surface area contributed by atoms with E-state index in [0.717, 1.165) is 5.69 Å². The quantitative estimate of drug-likeness (QED) is 0.695. The lowest BCUT2D eigenvalue weighted by Crippen LogP contribution is -2.56. The van der Waals surface area contributed by atoms with E-state index in [0.29, 0.717) is 26.2 Å². The number of amides is 2. The monoisotopic (exact) mass is 361 g/mol. The summed E-state index contributed by atoms with van der Waals surface area (Å²) in [6, 6.07) is 5.20. The van der Waals surface area contributed by atoms with Gasteiger partial charge in [-0.3, -0.25) is 9.59 Å². The van der Waals surface area contributed by atoms with Crippen LogP contribution in [0, 0.1) is 5.82 Å². The van der Waals surface area contributed by atoms with Crippen LogP contribution < -0.4 is 10.2 Å². The molecule has 2 aromatic rings. The Morgan fingerprint density at radius 3 is 2.50 bits per heavy atom. The molecule has 2 heterocycles. The molecule has 1 aromatic carbocycles. The Morgan fingerprint density at radius 1 is 1.23 bits per heavy atom. The number of carbonyl (C=O) groups excluding carboxylic acids is 2. The lowest BCUT2D eigenvalue weighted by molar-refractivity contribution is -0.134. The van der Waals surface area contributed by atoms with Crippen molar-refractivity contribution < 1.29 is 19.1 Å². The molecule has 8 nitrogen and oxygen atoms in total. The highest BCUT2D eigenvalue weighted by molar-refractivity contribution is 5.96. The maximum Gasteiger partial charge on any atom is 0.270 e. The van der Waals surface area contributed by atoms with E-state index in [1.165, 1.54) is 24.7 Å². The summed E-state index contributed by atoms with van der Waals surface area (Å²) in [5.74, 6) is -1.12. The van der Waals surface area contributed by atoms with Crippen molar-refractivity contribution in [1.82, 2.24) is 20.2 Å². The number of aromatic amines is 1. The largest absolute Gasteiger partial charge is 0.394 e. The van der Waals surface area contributed by atoms with E-state index >= 15 is 0 Å². The molecule has 1 aliphatic heterocycles. The van der Waals surface area contributed by atoms with Crippen LogP contribution in [0.4, 0.5) is 10.1 Å². The highest BCUT2D eigenvalue weighted by Crippen LogP contribution is 2.17. The SMILES string of the molecule is O=C(N[C@@H](CO)C(=O)N1CCN(c2ccc(F)cc2)CC1)c1cnc[nH]1. The van der Waals surface area contributed by atoms with Gasteiger partial charge in [0.15, 0.2) is 0 Å². The maximum absolute atomic E-state index is 13.0. The van der Waals surface area contributed by atoms with Gasteiger partial charge in [-0.25, -0.2) is 9.37 Å². The molecule has 0 spiro atoms. The van der Waals surface area contributed by atoms with E-state index < -0.39 is 18.6 Å². The molecule has 0 aliphatic carbocycles. The highest BCUT2D eigenvalue weighted by atomic mass is 19.1. The summed E-state index contributed by atoms with van der Waals surface area (Å²) >= 11 is 0. The van der Waals surface area contributed by atoms with Crippen molar-refractivity contribution in [3.8, 4) is 0 Å². The Bertz CT molecular complexity index is 742. The van der Waals surface area contributed by atoms with Gasteiger partial charge in [-0.1, -0.05) is 0 Å². The van der Waals surface area contributed by atoms with E-state index in [4.69, 9.17) is 0 Å². The Morgan fingerprint density at radius 2 is 1.92 bits per heavy atom. The first-order valence-corrected chi connectivity index (χ1v) is 8.28. The number of rotatable bonds is 5. The minimum Gasteiger partial charge on any atom is -0.394 e. The average Bonchev–Trinajstić information content (AvgIpc) is 3.21. The van der Waals surface area contributed by atoms with Gasteiger partial charge in [0.2, 0.25) is 5.91 Å². The summed E-state index contributed by atoms with van der Waals surface area (Å²) in [6.07, 6.45) is 2.70. The van der Waals surface area contributed by atoms with Gasteiger partial charge in [0.25, 0.3) is 5.91 Å². The van der Waals surface area contributed by atoms with E-state index in [2.05, 4.69) is 20.2 Å². The van der Waals surface area contributed by atoms with Gasteiger partial charge in [-0.2, -0.15) is 0 Å². The smallest absolute Gasteiger partial charge is 0.270 e. The molecule has 2 amide bonds. The van der Waals surface area contributed by atoms with Crippen molar-refractivity contribution in [3.63, 3.8) is 0 Å². The molecule has 0 bridgehead atoms. The van der Waals surface area contributed by atoms with E-state index in [1.54, 1.807) is 17.0 Å². The van der Waals surface area contributed by atoms with Crippen LogP contribution in [0.1, 0.15) is 10.5 Å². The zero-order chi connectivity index (χ0) is 18.5. The molecular formula is C17H20FN5O3. The molecule has 1 aromatic heterocycles. The number of anilines is 1. The van der Waals surface area contributed by atoms with Gasteiger partial charge in [0, 0.05) is 31.9 Å². The number of piperazine rings is 1. The minimum atomic E-state index is -1.01. The number of carbonyl (C=O) groups is 2. The van der Waals surface area contributed by atoms with Crippen molar-refractivity contribution in [2.45, 2.75) is 6.04 Å². The third-order valence-electron chi connectivity index (χ3n) is 4.31. The zero-order valence-electron chi connectivity index (χ0n) is 14.1. The lowest BCUT2D eigenvalue weighted by atomic mass is 10.2. The topological polar surface area (TPSA) is 102 Å². The molecule has 9 heteroatoms. The number of aromatic nitrogens is 2. The molecule has 0 unspecified atom stereocenters. The number of aliphatic hydroxyl groups excluding tert-OH is 1. The second kappa shape index (κ2) is 7.96. The van der Waals surface area contributed by atoms with Crippen molar-refractivity contribution in [2.75, 3.05) is 37.7 Å².